The minimum atomic E-state index is -0.257. The van der Waals surface area contributed by atoms with Crippen molar-refractivity contribution >= 4 is 34.1 Å². The molecule has 9 nitrogen and oxygen atoms in total. The van der Waals surface area contributed by atoms with Crippen molar-refractivity contribution in [3.8, 4) is 5.69 Å². The lowest BCUT2D eigenvalue weighted by atomic mass is 10.3. The number of fused-ring (bicyclic) bond motifs is 1. The van der Waals surface area contributed by atoms with Gasteiger partial charge in [0.25, 0.3) is 5.56 Å². The van der Waals surface area contributed by atoms with Gasteiger partial charge in [-0.3, -0.25) is 4.79 Å². The SMILES string of the molecule is O=c1[nH]c(Sc2nnnn2Cc2cccs2)nc2c1cnn2-c1ccccc1. The largest absolute Gasteiger partial charge is 0.300 e. The fourth-order valence-corrected chi connectivity index (χ4v) is 4.13. The van der Waals surface area contributed by atoms with E-state index in [4.69, 9.17) is 0 Å². The summed E-state index contributed by atoms with van der Waals surface area (Å²) in [6.07, 6.45) is 1.52. The molecule has 1 aromatic carbocycles. The number of rotatable bonds is 5. The summed E-state index contributed by atoms with van der Waals surface area (Å²) in [6.45, 7) is 0.557. The second-order valence-electron chi connectivity index (χ2n) is 5.80. The van der Waals surface area contributed by atoms with Gasteiger partial charge in [0.15, 0.2) is 10.8 Å². The van der Waals surface area contributed by atoms with Crippen molar-refractivity contribution in [3.63, 3.8) is 0 Å². The minimum Gasteiger partial charge on any atom is -0.300 e. The van der Waals surface area contributed by atoms with Crippen molar-refractivity contribution in [2.75, 3.05) is 0 Å². The topological polar surface area (TPSA) is 107 Å². The smallest absolute Gasteiger partial charge is 0.262 e. The Morgan fingerprint density at radius 3 is 2.86 bits per heavy atom. The van der Waals surface area contributed by atoms with Crippen molar-refractivity contribution in [2.45, 2.75) is 16.9 Å². The predicted molar refractivity (Wildman–Crippen MR) is 105 cm³/mol. The van der Waals surface area contributed by atoms with E-state index in [0.29, 0.717) is 27.9 Å². The Kier molecular flexibility index (Phi) is 4.22. The summed E-state index contributed by atoms with van der Waals surface area (Å²) in [6, 6.07) is 13.5. The van der Waals surface area contributed by atoms with Gasteiger partial charge >= 0.3 is 0 Å². The van der Waals surface area contributed by atoms with Crippen molar-refractivity contribution < 1.29 is 0 Å². The summed E-state index contributed by atoms with van der Waals surface area (Å²) in [7, 11) is 0. The number of aromatic nitrogens is 8. The van der Waals surface area contributed by atoms with Gasteiger partial charge in [-0.2, -0.15) is 5.10 Å². The van der Waals surface area contributed by atoms with Crippen molar-refractivity contribution in [3.05, 3.63) is 69.3 Å². The van der Waals surface area contributed by atoms with Gasteiger partial charge in [0, 0.05) is 4.88 Å². The number of nitrogens with one attached hydrogen (secondary N) is 1. The average Bonchev–Trinajstić information content (AvgIpc) is 3.45. The number of tetrazole rings is 1. The third kappa shape index (κ3) is 3.10. The van der Waals surface area contributed by atoms with Crippen LogP contribution in [0.4, 0.5) is 0 Å². The number of H-pyrrole nitrogens is 1. The van der Waals surface area contributed by atoms with E-state index in [0.717, 1.165) is 10.6 Å². The third-order valence-corrected chi connectivity index (χ3v) is 5.71. The normalized spacial score (nSPS) is 11.3. The molecule has 4 aromatic heterocycles. The first kappa shape index (κ1) is 16.8. The van der Waals surface area contributed by atoms with E-state index in [1.165, 1.54) is 18.0 Å². The molecular formula is C17H12N8OS2. The van der Waals surface area contributed by atoms with E-state index in [1.54, 1.807) is 20.7 Å². The van der Waals surface area contributed by atoms with Crippen LogP contribution in [0, 0.1) is 0 Å². The Balaban J connectivity index is 1.52. The van der Waals surface area contributed by atoms with Gasteiger partial charge in [0.05, 0.1) is 18.4 Å². The monoisotopic (exact) mass is 408 g/mol. The molecule has 0 amide bonds. The standard InChI is InChI=1S/C17H12N8OS2/c26-15-13-9-18-25(11-5-2-1-3-6-11)14(13)19-16(20-15)28-17-21-22-23-24(17)10-12-7-4-8-27-12/h1-9H,10H2,(H,19,20,26). The van der Waals surface area contributed by atoms with E-state index in [9.17, 15) is 4.79 Å². The molecule has 0 aliphatic carbocycles. The number of nitrogens with zero attached hydrogens (tertiary/aromatic N) is 7. The molecule has 28 heavy (non-hydrogen) atoms. The molecule has 11 heteroatoms. The van der Waals surface area contributed by atoms with Crippen molar-refractivity contribution in [1.29, 1.82) is 0 Å². The van der Waals surface area contributed by atoms with Crippen molar-refractivity contribution in [2.24, 2.45) is 0 Å². The van der Waals surface area contributed by atoms with Crippen LogP contribution in [0.5, 0.6) is 0 Å². The first-order valence-corrected chi connectivity index (χ1v) is 9.97. The molecule has 0 saturated heterocycles. The third-order valence-electron chi connectivity index (χ3n) is 3.99. The highest BCUT2D eigenvalue weighted by Crippen LogP contribution is 2.24. The summed E-state index contributed by atoms with van der Waals surface area (Å²) in [5, 5.41) is 19.5. The Hall–Kier alpha value is -3.31. The van der Waals surface area contributed by atoms with E-state index in [1.807, 2.05) is 47.8 Å². The first-order chi connectivity index (χ1) is 13.8. The van der Waals surface area contributed by atoms with E-state index < -0.39 is 0 Å². The second kappa shape index (κ2) is 7.02. The van der Waals surface area contributed by atoms with Crippen LogP contribution in [-0.4, -0.2) is 40.0 Å². The van der Waals surface area contributed by atoms with E-state index in [2.05, 4.69) is 30.6 Å². The Morgan fingerprint density at radius 2 is 2.04 bits per heavy atom. The molecule has 0 saturated carbocycles. The summed E-state index contributed by atoms with van der Waals surface area (Å²) < 4.78 is 3.32. The zero-order chi connectivity index (χ0) is 18.9. The molecule has 0 atom stereocenters. The second-order valence-corrected chi connectivity index (χ2v) is 7.79. The number of thiophene rings is 1. The van der Waals surface area contributed by atoms with Gasteiger partial charge in [0.2, 0.25) is 5.16 Å². The molecule has 0 aliphatic heterocycles. The molecular weight excluding hydrogens is 396 g/mol. The summed E-state index contributed by atoms with van der Waals surface area (Å²) >= 11 is 2.83. The Morgan fingerprint density at radius 1 is 1.14 bits per heavy atom. The molecule has 0 unspecified atom stereocenters. The van der Waals surface area contributed by atoms with Crippen LogP contribution in [0.25, 0.3) is 16.7 Å². The van der Waals surface area contributed by atoms with Gasteiger partial charge in [0.1, 0.15) is 5.39 Å². The lowest BCUT2D eigenvalue weighted by Gasteiger charge is -2.04. The van der Waals surface area contributed by atoms with Gasteiger partial charge in [-0.25, -0.2) is 14.3 Å². The zero-order valence-electron chi connectivity index (χ0n) is 14.3. The van der Waals surface area contributed by atoms with Crippen LogP contribution in [0.2, 0.25) is 0 Å². The average molecular weight is 408 g/mol. The number of para-hydroxylation sites is 1. The van der Waals surface area contributed by atoms with Gasteiger partial charge in [-0.1, -0.05) is 24.3 Å². The highest BCUT2D eigenvalue weighted by Gasteiger charge is 2.15. The quantitative estimate of drug-likeness (QED) is 0.445. The van der Waals surface area contributed by atoms with Crippen molar-refractivity contribution in [1.82, 2.24) is 40.0 Å². The maximum absolute atomic E-state index is 12.5. The Bertz CT molecular complexity index is 1290. The lowest BCUT2D eigenvalue weighted by molar-refractivity contribution is 0.607. The van der Waals surface area contributed by atoms with Gasteiger partial charge < -0.3 is 4.98 Å². The maximum Gasteiger partial charge on any atom is 0.262 e. The van der Waals surface area contributed by atoms with Crippen LogP contribution >= 0.6 is 23.1 Å². The van der Waals surface area contributed by atoms with Gasteiger partial charge in [-0.15, -0.1) is 16.4 Å². The lowest BCUT2D eigenvalue weighted by Crippen LogP contribution is -2.10. The molecule has 5 aromatic rings. The first-order valence-electron chi connectivity index (χ1n) is 8.28. The maximum atomic E-state index is 12.5. The van der Waals surface area contributed by atoms with Crippen LogP contribution in [0.1, 0.15) is 4.88 Å². The molecule has 4 heterocycles. The molecule has 0 bridgehead atoms. The van der Waals surface area contributed by atoms with Gasteiger partial charge in [-0.05, 0) is 45.8 Å². The number of hydrogen-bond acceptors (Lipinski definition) is 8. The van der Waals surface area contributed by atoms with E-state index in [-0.39, 0.29) is 5.56 Å². The van der Waals surface area contributed by atoms with E-state index >= 15 is 0 Å². The van der Waals surface area contributed by atoms with Crippen LogP contribution in [0.3, 0.4) is 0 Å². The molecule has 5 rings (SSSR count). The van der Waals surface area contributed by atoms with Crippen LogP contribution < -0.4 is 5.56 Å². The number of aromatic amines is 1. The molecule has 0 spiro atoms. The fraction of sp³-hybridized carbons (Fsp3) is 0.0588. The molecule has 1 N–H and O–H groups in total. The van der Waals surface area contributed by atoms with Crippen LogP contribution in [-0.2, 0) is 6.54 Å². The number of benzene rings is 1. The summed E-state index contributed by atoms with van der Waals surface area (Å²) in [5.74, 6) is 0. The molecule has 0 fully saturated rings. The number of hydrogen-bond donors (Lipinski definition) is 1. The molecule has 0 radical (unpaired) electrons. The summed E-state index contributed by atoms with van der Waals surface area (Å²) in [4.78, 5) is 21.0. The molecule has 138 valence electrons. The van der Waals surface area contributed by atoms with Crippen LogP contribution in [0.15, 0.2) is 69.1 Å². The fourth-order valence-electron chi connectivity index (χ4n) is 2.71. The zero-order valence-corrected chi connectivity index (χ0v) is 15.9. The highest BCUT2D eigenvalue weighted by molar-refractivity contribution is 7.99. The Labute approximate surface area is 166 Å². The predicted octanol–water partition coefficient (Wildman–Crippen LogP) is 2.36. The highest BCUT2D eigenvalue weighted by atomic mass is 32.2. The molecule has 0 aliphatic rings. The summed E-state index contributed by atoms with van der Waals surface area (Å²) in [5.41, 5.74) is 1.05. The minimum absolute atomic E-state index is 0.257.